The highest BCUT2D eigenvalue weighted by Gasteiger charge is 2.44. The van der Waals surface area contributed by atoms with Crippen LogP contribution in [0, 0.1) is 0 Å². The average molecular weight is 770 g/mol. The molecule has 0 saturated carbocycles. The number of hydrogen-bond donors (Lipinski definition) is 6. The molecule has 0 bridgehead atoms. The Hall–Kier alpha value is -1.07. The number of carbonyl (C=O) groups excluding carboxylic acids is 1. The quantitative estimate of drug-likeness (QED) is 0.0269. The molecule has 0 aromatic heterocycles. The van der Waals surface area contributed by atoms with Crippen LogP contribution in [0.25, 0.3) is 0 Å². The summed E-state index contributed by atoms with van der Waals surface area (Å²) in [7, 11) is 0. The molecule has 6 N–H and O–H groups in total. The minimum atomic E-state index is -1.55. The van der Waals surface area contributed by atoms with E-state index in [4.69, 9.17) is 9.47 Å². The third-order valence-corrected chi connectivity index (χ3v) is 11.1. The Labute approximate surface area is 331 Å². The van der Waals surface area contributed by atoms with E-state index in [1.807, 2.05) is 0 Å². The number of amides is 1. The Balaban J connectivity index is 2.31. The predicted octanol–water partition coefficient (Wildman–Crippen LogP) is 9.34. The van der Waals surface area contributed by atoms with Crippen LogP contribution in [-0.4, -0.2) is 87.5 Å². The van der Waals surface area contributed by atoms with Gasteiger partial charge in [-0.15, -0.1) is 0 Å². The van der Waals surface area contributed by atoms with Crippen molar-refractivity contribution in [3.8, 4) is 0 Å². The fourth-order valence-electron chi connectivity index (χ4n) is 7.39. The van der Waals surface area contributed by atoms with Crippen molar-refractivity contribution >= 4 is 5.91 Å². The van der Waals surface area contributed by atoms with Crippen LogP contribution in [0.15, 0.2) is 12.2 Å². The summed E-state index contributed by atoms with van der Waals surface area (Å²) in [5, 5.41) is 54.3. The van der Waals surface area contributed by atoms with Crippen molar-refractivity contribution < 1.29 is 39.8 Å². The maximum atomic E-state index is 13.0. The summed E-state index contributed by atoms with van der Waals surface area (Å²) < 4.78 is 11.2. The molecule has 0 spiro atoms. The van der Waals surface area contributed by atoms with Gasteiger partial charge in [-0.25, -0.2) is 0 Å². The Kier molecular flexibility index (Phi) is 34.2. The normalized spacial score (nSPS) is 21.5. The van der Waals surface area contributed by atoms with E-state index in [0.29, 0.717) is 12.8 Å². The number of rotatable bonds is 38. The number of nitrogens with one attached hydrogen (secondary N) is 1. The van der Waals surface area contributed by atoms with Gasteiger partial charge in [0.15, 0.2) is 6.29 Å². The molecule has 1 fully saturated rings. The van der Waals surface area contributed by atoms with Crippen LogP contribution in [0.5, 0.6) is 0 Å². The highest BCUT2D eigenvalue weighted by atomic mass is 16.7. The lowest BCUT2D eigenvalue weighted by Crippen LogP contribution is -2.60. The predicted molar refractivity (Wildman–Crippen MR) is 221 cm³/mol. The van der Waals surface area contributed by atoms with Crippen molar-refractivity contribution in [1.29, 1.82) is 0 Å². The fraction of sp³-hybridized carbons (Fsp3) is 0.933. The van der Waals surface area contributed by atoms with E-state index in [1.54, 1.807) is 0 Å². The van der Waals surface area contributed by atoms with Crippen LogP contribution >= 0.6 is 0 Å². The van der Waals surface area contributed by atoms with E-state index in [2.05, 4.69) is 31.3 Å². The first-order chi connectivity index (χ1) is 26.3. The number of allylic oxidation sites excluding steroid dienone is 2. The Morgan fingerprint density at radius 2 is 1.04 bits per heavy atom. The first-order valence-electron chi connectivity index (χ1n) is 22.9. The van der Waals surface area contributed by atoms with E-state index in [1.165, 1.54) is 148 Å². The molecule has 0 radical (unpaired) electrons. The lowest BCUT2D eigenvalue weighted by Gasteiger charge is -2.40. The zero-order chi connectivity index (χ0) is 39.5. The van der Waals surface area contributed by atoms with Crippen molar-refractivity contribution in [2.24, 2.45) is 0 Å². The molecule has 1 amide bonds. The third kappa shape index (κ3) is 26.7. The highest BCUT2D eigenvalue weighted by Crippen LogP contribution is 2.23. The molecule has 7 unspecified atom stereocenters. The molecule has 0 aliphatic carbocycles. The van der Waals surface area contributed by atoms with Gasteiger partial charge in [-0.2, -0.15) is 0 Å². The number of carbonyl (C=O) groups is 1. The molecule has 320 valence electrons. The van der Waals surface area contributed by atoms with Gasteiger partial charge in [0.1, 0.15) is 24.4 Å². The molecule has 1 heterocycles. The summed E-state index contributed by atoms with van der Waals surface area (Å²) in [5.74, 6) is -0.148. The molecule has 1 rings (SSSR count). The second-order valence-electron chi connectivity index (χ2n) is 16.2. The third-order valence-electron chi connectivity index (χ3n) is 11.1. The van der Waals surface area contributed by atoms with E-state index >= 15 is 0 Å². The maximum Gasteiger partial charge on any atom is 0.220 e. The summed E-state index contributed by atoms with van der Waals surface area (Å²) in [6.07, 6.45) is 33.6. The summed E-state index contributed by atoms with van der Waals surface area (Å²) in [6.45, 7) is 3.83. The number of aliphatic hydroxyl groups is 5. The van der Waals surface area contributed by atoms with E-state index in [9.17, 15) is 30.3 Å². The molecule has 0 aromatic rings. The minimum absolute atomic E-state index is 0.137. The van der Waals surface area contributed by atoms with Gasteiger partial charge in [-0.05, 0) is 38.5 Å². The van der Waals surface area contributed by atoms with Gasteiger partial charge in [-0.1, -0.05) is 180 Å². The van der Waals surface area contributed by atoms with E-state index in [0.717, 1.165) is 38.5 Å². The van der Waals surface area contributed by atoms with Crippen molar-refractivity contribution in [3.05, 3.63) is 12.2 Å². The van der Waals surface area contributed by atoms with Gasteiger partial charge in [0, 0.05) is 6.42 Å². The lowest BCUT2D eigenvalue weighted by molar-refractivity contribution is -0.302. The van der Waals surface area contributed by atoms with Crippen LogP contribution in [-0.2, 0) is 14.3 Å². The van der Waals surface area contributed by atoms with Crippen LogP contribution in [0.1, 0.15) is 213 Å². The molecular formula is C45H87NO8. The second-order valence-corrected chi connectivity index (χ2v) is 16.2. The Morgan fingerprint density at radius 3 is 1.50 bits per heavy atom. The standard InChI is InChI=1S/C45H87NO8/c1-3-5-7-9-11-13-15-17-18-19-20-21-22-23-25-27-29-31-33-35-41(49)46-38(37-53-45-44(52)43(51)42(50)40(36-47)54-45)39(48)34-32-30-28-26-24-16-14-12-10-8-6-4-2/h19-20,38-40,42-45,47-48,50-52H,3-18,21-37H2,1-2H3,(H,46,49)/b20-19-. The van der Waals surface area contributed by atoms with Gasteiger partial charge in [0.2, 0.25) is 5.91 Å². The number of hydrogen-bond acceptors (Lipinski definition) is 8. The topological polar surface area (TPSA) is 149 Å². The molecular weight excluding hydrogens is 682 g/mol. The van der Waals surface area contributed by atoms with Crippen molar-refractivity contribution in [2.75, 3.05) is 13.2 Å². The molecule has 9 heteroatoms. The zero-order valence-electron chi connectivity index (χ0n) is 35.0. The summed E-state index contributed by atoms with van der Waals surface area (Å²) >= 11 is 0. The Bertz CT molecular complexity index is 858. The van der Waals surface area contributed by atoms with Gasteiger partial charge in [-0.3, -0.25) is 4.79 Å². The van der Waals surface area contributed by atoms with Crippen molar-refractivity contribution in [3.63, 3.8) is 0 Å². The summed E-state index contributed by atoms with van der Waals surface area (Å²) in [5.41, 5.74) is 0. The summed E-state index contributed by atoms with van der Waals surface area (Å²) in [6, 6.07) is -0.716. The summed E-state index contributed by atoms with van der Waals surface area (Å²) in [4.78, 5) is 13.0. The van der Waals surface area contributed by atoms with Crippen molar-refractivity contribution in [2.45, 2.75) is 256 Å². The average Bonchev–Trinajstić information content (AvgIpc) is 3.17. The van der Waals surface area contributed by atoms with Gasteiger partial charge in [0.05, 0.1) is 25.4 Å². The monoisotopic (exact) mass is 770 g/mol. The van der Waals surface area contributed by atoms with Crippen LogP contribution < -0.4 is 5.32 Å². The first-order valence-corrected chi connectivity index (χ1v) is 22.9. The van der Waals surface area contributed by atoms with Crippen molar-refractivity contribution in [1.82, 2.24) is 5.32 Å². The SMILES string of the molecule is CCCCCCCCCC/C=C\CCCCCCCCCC(=O)NC(COC1OC(CO)C(O)C(O)C1O)C(O)CCCCCCCCCCCCCC. The molecule has 0 aromatic carbocycles. The van der Waals surface area contributed by atoms with Crippen LogP contribution in [0.3, 0.4) is 0 Å². The van der Waals surface area contributed by atoms with E-state index < -0.39 is 49.5 Å². The van der Waals surface area contributed by atoms with E-state index in [-0.39, 0.29) is 12.5 Å². The highest BCUT2D eigenvalue weighted by molar-refractivity contribution is 5.76. The molecule has 1 aliphatic heterocycles. The maximum absolute atomic E-state index is 13.0. The number of ether oxygens (including phenoxy) is 2. The number of unbranched alkanes of at least 4 members (excludes halogenated alkanes) is 26. The van der Waals surface area contributed by atoms with Crippen LogP contribution in [0.2, 0.25) is 0 Å². The first kappa shape index (κ1) is 50.9. The fourth-order valence-corrected chi connectivity index (χ4v) is 7.39. The minimum Gasteiger partial charge on any atom is -0.394 e. The van der Waals surface area contributed by atoms with Crippen LogP contribution in [0.4, 0.5) is 0 Å². The Morgan fingerprint density at radius 1 is 0.611 bits per heavy atom. The zero-order valence-corrected chi connectivity index (χ0v) is 35.0. The lowest BCUT2D eigenvalue weighted by atomic mass is 9.99. The molecule has 7 atom stereocenters. The molecule has 9 nitrogen and oxygen atoms in total. The largest absolute Gasteiger partial charge is 0.394 e. The molecule has 1 aliphatic rings. The molecule has 54 heavy (non-hydrogen) atoms. The van der Waals surface area contributed by atoms with Gasteiger partial charge in [0.25, 0.3) is 0 Å². The second kappa shape index (κ2) is 36.3. The molecule has 1 saturated heterocycles. The smallest absolute Gasteiger partial charge is 0.220 e. The van der Waals surface area contributed by atoms with Gasteiger partial charge < -0.3 is 40.3 Å². The van der Waals surface area contributed by atoms with Gasteiger partial charge >= 0.3 is 0 Å². The number of aliphatic hydroxyl groups excluding tert-OH is 5.